The van der Waals surface area contributed by atoms with E-state index in [4.69, 9.17) is 0 Å². The Labute approximate surface area is 134 Å². The number of aryl methyl sites for hydroxylation is 1. The molecule has 0 radical (unpaired) electrons. The second kappa shape index (κ2) is 8.96. The number of aromatic hydroxyl groups is 1. The zero-order valence-corrected chi connectivity index (χ0v) is 14.7. The number of pyridine rings is 1. The fourth-order valence-electron chi connectivity index (χ4n) is 2.74. The molecular weight excluding hydrogens is 278 g/mol. The molecule has 0 fully saturated rings. The highest BCUT2D eigenvalue weighted by Crippen LogP contribution is 2.17. The van der Waals surface area contributed by atoms with Gasteiger partial charge >= 0.3 is 0 Å². The summed E-state index contributed by atoms with van der Waals surface area (Å²) in [6.45, 7) is 11.0. The summed E-state index contributed by atoms with van der Waals surface area (Å²) in [5.41, 5.74) is 1.36. The average molecular weight is 309 g/mol. The summed E-state index contributed by atoms with van der Waals surface area (Å²) in [6.07, 6.45) is 2.16. The molecule has 0 bridgehead atoms. The van der Waals surface area contributed by atoms with Crippen LogP contribution >= 0.6 is 0 Å². The first-order valence-corrected chi connectivity index (χ1v) is 8.20. The highest BCUT2D eigenvalue weighted by Gasteiger charge is 2.13. The van der Waals surface area contributed by atoms with Gasteiger partial charge in [0, 0.05) is 24.8 Å². The Morgan fingerprint density at radius 3 is 2.36 bits per heavy atom. The highest BCUT2D eigenvalue weighted by atomic mass is 16.3. The monoisotopic (exact) mass is 309 g/mol. The lowest BCUT2D eigenvalue weighted by Gasteiger charge is -2.21. The molecule has 0 saturated carbocycles. The molecule has 1 rings (SSSR count). The molecule has 0 atom stereocenters. The summed E-state index contributed by atoms with van der Waals surface area (Å²) in [6, 6.07) is 1.53. The van der Waals surface area contributed by atoms with E-state index in [0.29, 0.717) is 6.54 Å². The van der Waals surface area contributed by atoms with Crippen LogP contribution in [-0.2, 0) is 13.1 Å². The van der Waals surface area contributed by atoms with Gasteiger partial charge in [-0.25, -0.2) is 0 Å². The van der Waals surface area contributed by atoms with Crippen LogP contribution in [0.1, 0.15) is 38.1 Å². The van der Waals surface area contributed by atoms with Gasteiger partial charge in [-0.2, -0.15) is 0 Å². The molecule has 1 heterocycles. The van der Waals surface area contributed by atoms with Crippen molar-refractivity contribution in [2.75, 3.05) is 33.7 Å². The molecule has 0 spiro atoms. The van der Waals surface area contributed by atoms with Crippen molar-refractivity contribution in [3.05, 3.63) is 27.7 Å². The lowest BCUT2D eigenvalue weighted by atomic mass is 10.2. The molecule has 126 valence electrons. The predicted octanol–water partition coefficient (Wildman–Crippen LogP) is 2.05. The molecule has 0 amide bonds. The number of rotatable bonds is 9. The molecule has 0 unspecified atom stereocenters. The van der Waals surface area contributed by atoms with Crippen LogP contribution in [0.4, 0.5) is 0 Å². The van der Waals surface area contributed by atoms with E-state index in [1.54, 1.807) is 0 Å². The molecule has 22 heavy (non-hydrogen) atoms. The van der Waals surface area contributed by atoms with Crippen molar-refractivity contribution in [3.63, 3.8) is 0 Å². The summed E-state index contributed by atoms with van der Waals surface area (Å²) in [4.78, 5) is 16.2. The lowest BCUT2D eigenvalue weighted by Crippen LogP contribution is -2.25. The molecular formula is C17H31N3O2. The molecule has 0 aliphatic carbocycles. The zero-order chi connectivity index (χ0) is 16.7. The number of nitrogens with zero attached hydrogens (tertiary/aromatic N) is 3. The minimum absolute atomic E-state index is 0.108. The number of unbranched alkanes of at least 4 members (excludes halogenated alkanes) is 1. The predicted molar refractivity (Wildman–Crippen MR) is 91.5 cm³/mol. The smallest absolute Gasteiger partial charge is 0.223 e. The third kappa shape index (κ3) is 5.14. The maximum Gasteiger partial charge on any atom is 0.223 e. The topological polar surface area (TPSA) is 48.7 Å². The molecule has 1 aromatic rings. The minimum atomic E-state index is -0.284. The summed E-state index contributed by atoms with van der Waals surface area (Å²) < 4.78 is 2.08. The Hall–Kier alpha value is -1.33. The van der Waals surface area contributed by atoms with Crippen molar-refractivity contribution in [1.29, 1.82) is 0 Å². The van der Waals surface area contributed by atoms with Gasteiger partial charge in [-0.1, -0.05) is 13.8 Å². The van der Waals surface area contributed by atoms with Crippen LogP contribution in [0, 0.1) is 6.92 Å². The zero-order valence-electron chi connectivity index (χ0n) is 14.7. The first kappa shape index (κ1) is 18.7. The number of hydrogen-bond donors (Lipinski definition) is 1. The van der Waals surface area contributed by atoms with Gasteiger partial charge in [0.25, 0.3) is 0 Å². The van der Waals surface area contributed by atoms with Crippen LogP contribution in [0.3, 0.4) is 0 Å². The quantitative estimate of drug-likeness (QED) is 0.709. The Kier molecular flexibility index (Phi) is 7.62. The van der Waals surface area contributed by atoms with Crippen LogP contribution in [-0.4, -0.2) is 53.2 Å². The highest BCUT2D eigenvalue weighted by molar-refractivity contribution is 5.29. The van der Waals surface area contributed by atoms with Crippen molar-refractivity contribution in [2.45, 2.75) is 46.7 Å². The fourth-order valence-corrected chi connectivity index (χ4v) is 2.74. The SMILES string of the molecule is CCN(CC)CCCCn1c(C)cc(=O)c(O)c1CN(C)C. The largest absolute Gasteiger partial charge is 0.503 e. The molecule has 1 aromatic heterocycles. The van der Waals surface area contributed by atoms with E-state index in [-0.39, 0.29) is 11.2 Å². The van der Waals surface area contributed by atoms with E-state index in [0.717, 1.165) is 50.4 Å². The van der Waals surface area contributed by atoms with Gasteiger partial charge in [0.2, 0.25) is 5.43 Å². The van der Waals surface area contributed by atoms with Crippen LogP contribution < -0.4 is 5.43 Å². The van der Waals surface area contributed by atoms with Crippen molar-refractivity contribution in [1.82, 2.24) is 14.4 Å². The van der Waals surface area contributed by atoms with E-state index < -0.39 is 0 Å². The van der Waals surface area contributed by atoms with Crippen molar-refractivity contribution in [3.8, 4) is 5.75 Å². The van der Waals surface area contributed by atoms with Crippen LogP contribution in [0.15, 0.2) is 10.9 Å². The van der Waals surface area contributed by atoms with E-state index in [1.165, 1.54) is 6.07 Å². The Bertz CT molecular complexity index is 519. The second-order valence-electron chi connectivity index (χ2n) is 6.07. The van der Waals surface area contributed by atoms with Gasteiger partial charge in [-0.15, -0.1) is 0 Å². The first-order chi connectivity index (χ1) is 10.4. The van der Waals surface area contributed by atoms with E-state index in [2.05, 4.69) is 23.3 Å². The summed E-state index contributed by atoms with van der Waals surface area (Å²) in [5.74, 6) is -0.108. The molecule has 5 heteroatoms. The van der Waals surface area contributed by atoms with E-state index in [9.17, 15) is 9.90 Å². The number of aromatic nitrogens is 1. The molecule has 1 N–H and O–H groups in total. The van der Waals surface area contributed by atoms with Gasteiger partial charge in [0.15, 0.2) is 5.75 Å². The van der Waals surface area contributed by atoms with Gasteiger partial charge < -0.3 is 19.5 Å². The average Bonchev–Trinajstić information content (AvgIpc) is 2.46. The summed E-state index contributed by atoms with van der Waals surface area (Å²) in [7, 11) is 3.88. The van der Waals surface area contributed by atoms with Gasteiger partial charge in [0.05, 0.1) is 5.69 Å². The van der Waals surface area contributed by atoms with E-state index in [1.807, 2.05) is 25.9 Å². The fraction of sp³-hybridized carbons (Fsp3) is 0.706. The summed E-state index contributed by atoms with van der Waals surface area (Å²) in [5, 5.41) is 10.1. The molecule has 5 nitrogen and oxygen atoms in total. The second-order valence-corrected chi connectivity index (χ2v) is 6.07. The first-order valence-electron chi connectivity index (χ1n) is 8.20. The maximum absolute atomic E-state index is 11.8. The standard InChI is InChI=1S/C17H31N3O2/c1-6-19(7-2)10-8-9-11-20-14(3)12-16(21)17(22)15(20)13-18(4)5/h12,22H,6-11,13H2,1-5H3. The van der Waals surface area contributed by atoms with Crippen LogP contribution in [0.2, 0.25) is 0 Å². The maximum atomic E-state index is 11.8. The minimum Gasteiger partial charge on any atom is -0.503 e. The molecule has 0 aliphatic heterocycles. The summed E-state index contributed by atoms with van der Waals surface area (Å²) >= 11 is 0. The Morgan fingerprint density at radius 2 is 1.82 bits per heavy atom. The van der Waals surface area contributed by atoms with Gasteiger partial charge in [0.1, 0.15) is 0 Å². The van der Waals surface area contributed by atoms with Gasteiger partial charge in [-0.05, 0) is 53.5 Å². The van der Waals surface area contributed by atoms with Crippen molar-refractivity contribution < 1.29 is 5.11 Å². The molecule has 0 aromatic carbocycles. The number of hydrogen-bond acceptors (Lipinski definition) is 4. The lowest BCUT2D eigenvalue weighted by molar-refractivity contribution is 0.292. The molecule has 0 aliphatic rings. The van der Waals surface area contributed by atoms with E-state index >= 15 is 0 Å². The Balaban J connectivity index is 2.80. The van der Waals surface area contributed by atoms with Gasteiger partial charge in [-0.3, -0.25) is 4.79 Å². The van der Waals surface area contributed by atoms with Crippen LogP contribution in [0.25, 0.3) is 0 Å². The normalized spacial score (nSPS) is 11.6. The van der Waals surface area contributed by atoms with Crippen LogP contribution in [0.5, 0.6) is 5.75 Å². The molecule has 0 saturated heterocycles. The third-order valence-electron chi connectivity index (χ3n) is 4.06. The van der Waals surface area contributed by atoms with Crippen molar-refractivity contribution in [2.24, 2.45) is 0 Å². The Morgan fingerprint density at radius 1 is 1.18 bits per heavy atom. The van der Waals surface area contributed by atoms with Crippen molar-refractivity contribution >= 4 is 0 Å². The third-order valence-corrected chi connectivity index (χ3v) is 4.06.